The van der Waals surface area contributed by atoms with E-state index in [1.807, 2.05) is 25.7 Å². The Kier molecular flexibility index (Phi) is 26.0. The van der Waals surface area contributed by atoms with Crippen LogP contribution in [0, 0.1) is 0 Å². The molecular formula is C7H9FeIO2. The fourth-order valence-electron chi connectivity index (χ4n) is 0.416. The van der Waals surface area contributed by atoms with E-state index in [1.54, 1.807) is 0 Å². The Morgan fingerprint density at radius 2 is 1.73 bits per heavy atom. The third-order valence-electron chi connectivity index (χ3n) is 0.717. The van der Waals surface area contributed by atoms with Crippen molar-refractivity contribution in [2.75, 3.05) is 0 Å². The molecule has 0 heterocycles. The van der Waals surface area contributed by atoms with E-state index in [9.17, 15) is 0 Å². The molecular weight excluding hydrogens is 299 g/mol. The molecule has 0 N–H and O–H groups in total. The first-order valence-corrected chi connectivity index (χ1v) is 3.02. The molecule has 0 radical (unpaired) electrons. The van der Waals surface area contributed by atoms with Crippen molar-refractivity contribution in [1.29, 1.82) is 0 Å². The van der Waals surface area contributed by atoms with Gasteiger partial charge in [-0.25, -0.2) is 0 Å². The van der Waals surface area contributed by atoms with E-state index in [-0.39, 0.29) is 24.0 Å². The van der Waals surface area contributed by atoms with Crippen molar-refractivity contribution < 1.29 is 49.6 Å². The molecule has 0 saturated heterocycles. The second-order valence-electron chi connectivity index (χ2n) is 1.23. The van der Waals surface area contributed by atoms with Crippen LogP contribution in [-0.4, -0.2) is 13.6 Å². The van der Waals surface area contributed by atoms with Crippen LogP contribution in [0.2, 0.25) is 0 Å². The molecule has 0 amide bonds. The van der Waals surface area contributed by atoms with Crippen molar-refractivity contribution in [3.63, 3.8) is 0 Å². The summed E-state index contributed by atoms with van der Waals surface area (Å²) in [7, 11) is 0. The topological polar surface area (TPSA) is 34.1 Å². The molecule has 0 aromatic carbocycles. The van der Waals surface area contributed by atoms with Gasteiger partial charge in [0.1, 0.15) is 13.6 Å². The number of carbonyl (C=O) groups is 2. The quantitative estimate of drug-likeness (QED) is 0.384. The maximum atomic E-state index is 8.00. The summed E-state index contributed by atoms with van der Waals surface area (Å²) in [5, 5.41) is 0. The first-order chi connectivity index (χ1) is 4.89. The molecule has 0 aromatic heterocycles. The molecule has 0 aliphatic heterocycles. The van der Waals surface area contributed by atoms with Crippen molar-refractivity contribution in [2.24, 2.45) is 0 Å². The van der Waals surface area contributed by atoms with Gasteiger partial charge in [-0.1, -0.05) is 0 Å². The second-order valence-corrected chi connectivity index (χ2v) is 1.94. The largest absolute Gasteiger partial charge is 1.00 e. The van der Waals surface area contributed by atoms with E-state index in [0.717, 1.165) is 6.42 Å². The van der Waals surface area contributed by atoms with Crippen molar-refractivity contribution in [3.8, 4) is 0 Å². The molecule has 0 saturated carbocycles. The average Bonchev–Trinajstić information content (AvgIpc) is 2.48. The van der Waals surface area contributed by atoms with E-state index in [2.05, 4.69) is 22.1 Å². The van der Waals surface area contributed by atoms with E-state index >= 15 is 0 Å². The van der Waals surface area contributed by atoms with Crippen LogP contribution in [0.3, 0.4) is 0 Å². The minimum Gasteiger partial charge on any atom is -1.00 e. The summed E-state index contributed by atoms with van der Waals surface area (Å²) in [6.45, 7) is 4.00. The summed E-state index contributed by atoms with van der Waals surface area (Å²) in [5.74, 6) is 0. The molecule has 0 aromatic rings. The number of rotatable bonds is 0. The van der Waals surface area contributed by atoms with Crippen molar-refractivity contribution in [1.82, 2.24) is 0 Å². The van der Waals surface area contributed by atoms with Gasteiger partial charge in [0.15, 0.2) is 0 Å². The Bertz CT molecular complexity index is 132. The Balaban J connectivity index is -0.000000114. The van der Waals surface area contributed by atoms with E-state index in [4.69, 9.17) is 9.59 Å². The molecule has 0 unspecified atom stereocenters. The normalized spacial score (nSPS) is 10.8. The number of hydrogen-bond acceptors (Lipinski definition) is 2. The van der Waals surface area contributed by atoms with Gasteiger partial charge in [0.05, 0.1) is 0 Å². The number of halogens is 1. The van der Waals surface area contributed by atoms with Crippen LogP contribution in [0.1, 0.15) is 6.42 Å². The minimum atomic E-state index is 0. The van der Waals surface area contributed by atoms with Gasteiger partial charge in [-0.15, -0.1) is 0 Å². The Hall–Kier alpha value is 0.0695. The third-order valence-corrected chi connectivity index (χ3v) is 1.13. The van der Waals surface area contributed by atoms with Gasteiger partial charge in [0, 0.05) is 0 Å². The number of carbonyl (C=O) groups excluding carboxylic acids is 2. The number of hydrogen-bond donors (Lipinski definition) is 0. The van der Waals surface area contributed by atoms with Crippen LogP contribution in [-0.2, 0) is 25.6 Å². The molecule has 1 aliphatic carbocycles. The summed E-state index contributed by atoms with van der Waals surface area (Å²) in [6.07, 6.45) is 7.21. The molecule has 1 aliphatic rings. The Morgan fingerprint density at radius 1 is 1.27 bits per heavy atom. The molecule has 0 bridgehead atoms. The molecule has 11 heavy (non-hydrogen) atoms. The van der Waals surface area contributed by atoms with Crippen molar-refractivity contribution >= 4 is 13.6 Å². The van der Waals surface area contributed by atoms with Crippen LogP contribution in [0.15, 0.2) is 22.7 Å². The molecule has 0 spiro atoms. The van der Waals surface area contributed by atoms with Gasteiger partial charge in [-0.3, -0.25) is 0 Å². The first-order valence-electron chi connectivity index (χ1n) is 2.47. The van der Waals surface area contributed by atoms with E-state index in [0.29, 0.717) is 0 Å². The summed E-state index contributed by atoms with van der Waals surface area (Å²) in [5.41, 5.74) is 0. The summed E-state index contributed by atoms with van der Waals surface area (Å²) < 4.78 is 1.22. The average molecular weight is 308 g/mol. The zero-order chi connectivity index (χ0) is 8.41. The smallest absolute Gasteiger partial charge is 1.00 e. The molecule has 64 valence electrons. The maximum Gasteiger partial charge on any atom is -1.00 e. The SMILES string of the molecule is C=O.C=O.[Fe+][C]1=CC=CC1.[I-]. The zero-order valence-corrected chi connectivity index (χ0v) is 9.16. The van der Waals surface area contributed by atoms with E-state index in [1.165, 1.54) is 4.47 Å². The van der Waals surface area contributed by atoms with Crippen molar-refractivity contribution in [3.05, 3.63) is 22.7 Å². The van der Waals surface area contributed by atoms with Gasteiger partial charge in [-0.2, -0.15) is 0 Å². The fourth-order valence-corrected chi connectivity index (χ4v) is 0.652. The second kappa shape index (κ2) is 16.6. The van der Waals surface area contributed by atoms with Gasteiger partial charge in [-0.05, 0) is 0 Å². The number of allylic oxidation sites excluding steroid dienone is 4. The van der Waals surface area contributed by atoms with Crippen molar-refractivity contribution in [2.45, 2.75) is 6.42 Å². The monoisotopic (exact) mass is 308 g/mol. The standard InChI is InChI=1S/C5H5.2CH2O.Fe.HI/c1-2-4-5-3-1;2*1-2;;/h1-3H,4H2;2*1H2;;1H/q;;;+1;/p-1. The molecule has 1 rings (SSSR count). The Morgan fingerprint density at radius 3 is 1.82 bits per heavy atom. The van der Waals surface area contributed by atoms with Crippen LogP contribution in [0.25, 0.3) is 0 Å². The summed E-state index contributed by atoms with van der Waals surface area (Å²) >= 11 is 3.74. The predicted molar refractivity (Wildman–Crippen MR) is 36.1 cm³/mol. The first kappa shape index (κ1) is 17.2. The Labute approximate surface area is 92.0 Å². The van der Waals surface area contributed by atoms with Gasteiger partial charge >= 0.3 is 45.1 Å². The molecule has 0 fully saturated rings. The molecule has 4 heteroatoms. The summed E-state index contributed by atoms with van der Waals surface area (Å²) in [6, 6.07) is 0. The molecule has 2 nitrogen and oxygen atoms in total. The zero-order valence-electron chi connectivity index (χ0n) is 5.90. The van der Waals surface area contributed by atoms with Crippen LogP contribution in [0.4, 0.5) is 0 Å². The van der Waals surface area contributed by atoms with Gasteiger partial charge < -0.3 is 33.6 Å². The molecule has 0 atom stereocenters. The fraction of sp³-hybridized carbons (Fsp3) is 0.143. The van der Waals surface area contributed by atoms with Crippen LogP contribution >= 0.6 is 0 Å². The van der Waals surface area contributed by atoms with E-state index < -0.39 is 0 Å². The maximum absolute atomic E-state index is 8.00. The predicted octanol–water partition coefficient (Wildman–Crippen LogP) is -1.99. The van der Waals surface area contributed by atoms with Crippen LogP contribution in [0.5, 0.6) is 0 Å². The van der Waals surface area contributed by atoms with Gasteiger partial charge in [0.25, 0.3) is 0 Å². The van der Waals surface area contributed by atoms with Crippen LogP contribution < -0.4 is 24.0 Å². The minimum absolute atomic E-state index is 0. The summed E-state index contributed by atoms with van der Waals surface area (Å²) in [4.78, 5) is 16.0. The third kappa shape index (κ3) is 13.1. The van der Waals surface area contributed by atoms with Gasteiger partial charge in [0.2, 0.25) is 0 Å².